The van der Waals surface area contributed by atoms with E-state index in [1.807, 2.05) is 6.07 Å². The van der Waals surface area contributed by atoms with Gasteiger partial charge in [-0.15, -0.1) is 0 Å². The van der Waals surface area contributed by atoms with E-state index in [0.29, 0.717) is 0 Å². The maximum absolute atomic E-state index is 11.0. The van der Waals surface area contributed by atoms with Crippen molar-refractivity contribution in [1.29, 1.82) is 5.26 Å². The van der Waals surface area contributed by atoms with Crippen LogP contribution in [0.15, 0.2) is 6.20 Å². The summed E-state index contributed by atoms with van der Waals surface area (Å²) >= 11 is 0. The highest BCUT2D eigenvalue weighted by molar-refractivity contribution is 5.58. The second-order valence-corrected chi connectivity index (χ2v) is 3.61. The normalized spacial score (nSPS) is 10.3. The highest BCUT2D eigenvalue weighted by Gasteiger charge is 2.27. The molecular formula is C9H9N7O2. The molecule has 0 saturated heterocycles. The van der Waals surface area contributed by atoms with Crippen molar-refractivity contribution in [1.82, 2.24) is 19.6 Å². The number of anilines is 1. The maximum atomic E-state index is 11.0. The van der Waals surface area contributed by atoms with Crippen LogP contribution in [0.4, 0.5) is 11.5 Å². The van der Waals surface area contributed by atoms with Gasteiger partial charge in [0.25, 0.3) is 0 Å². The lowest BCUT2D eigenvalue weighted by Crippen LogP contribution is -2.09. The molecule has 0 aliphatic carbocycles. The number of nitrogens with zero attached hydrogens (tertiary/aromatic N) is 6. The maximum Gasteiger partial charge on any atom is 0.336 e. The van der Waals surface area contributed by atoms with Crippen LogP contribution in [0.1, 0.15) is 11.3 Å². The Labute approximate surface area is 101 Å². The molecule has 92 valence electrons. The topological polar surface area (TPSA) is 129 Å². The third kappa shape index (κ3) is 1.47. The van der Waals surface area contributed by atoms with Gasteiger partial charge < -0.3 is 5.73 Å². The minimum absolute atomic E-state index is 0.0450. The summed E-state index contributed by atoms with van der Waals surface area (Å²) in [7, 11) is 1.54. The first-order valence-electron chi connectivity index (χ1n) is 4.89. The summed E-state index contributed by atoms with van der Waals surface area (Å²) in [6.07, 6.45) is 1.25. The number of aromatic nitrogens is 4. The highest BCUT2D eigenvalue weighted by Crippen LogP contribution is 2.28. The summed E-state index contributed by atoms with van der Waals surface area (Å²) in [4.78, 5) is 10.5. The van der Waals surface area contributed by atoms with E-state index in [1.165, 1.54) is 17.8 Å². The molecule has 0 spiro atoms. The zero-order chi connectivity index (χ0) is 13.4. The van der Waals surface area contributed by atoms with Gasteiger partial charge in [0.05, 0.1) is 11.1 Å². The molecule has 0 radical (unpaired) electrons. The van der Waals surface area contributed by atoms with Gasteiger partial charge in [-0.25, -0.2) is 4.68 Å². The van der Waals surface area contributed by atoms with Crippen molar-refractivity contribution in [3.05, 3.63) is 27.6 Å². The quantitative estimate of drug-likeness (QED) is 0.599. The van der Waals surface area contributed by atoms with E-state index in [9.17, 15) is 10.1 Å². The Morgan fingerprint density at radius 2 is 2.28 bits per heavy atom. The van der Waals surface area contributed by atoms with Crippen molar-refractivity contribution >= 4 is 11.5 Å². The van der Waals surface area contributed by atoms with Crippen LogP contribution in [0.5, 0.6) is 0 Å². The molecular weight excluding hydrogens is 238 g/mol. The van der Waals surface area contributed by atoms with Gasteiger partial charge in [-0.3, -0.25) is 10.1 Å². The van der Waals surface area contributed by atoms with Gasteiger partial charge >= 0.3 is 5.69 Å². The zero-order valence-electron chi connectivity index (χ0n) is 9.65. The second kappa shape index (κ2) is 3.85. The molecule has 9 heteroatoms. The Morgan fingerprint density at radius 3 is 2.78 bits per heavy atom. The predicted molar refractivity (Wildman–Crippen MR) is 60.8 cm³/mol. The number of nitriles is 1. The lowest BCUT2D eigenvalue weighted by Gasteiger charge is -2.03. The Hall–Kier alpha value is -2.89. The number of hydrogen-bond acceptors (Lipinski definition) is 6. The van der Waals surface area contributed by atoms with Crippen molar-refractivity contribution in [3.8, 4) is 11.9 Å². The number of rotatable bonds is 2. The minimum Gasteiger partial charge on any atom is -0.382 e. The zero-order valence-corrected chi connectivity index (χ0v) is 9.65. The Bertz CT molecular complexity index is 676. The van der Waals surface area contributed by atoms with E-state index in [-0.39, 0.29) is 28.6 Å². The van der Waals surface area contributed by atoms with Gasteiger partial charge in [-0.2, -0.15) is 20.1 Å². The molecule has 0 aliphatic rings. The second-order valence-electron chi connectivity index (χ2n) is 3.61. The fourth-order valence-electron chi connectivity index (χ4n) is 1.70. The summed E-state index contributed by atoms with van der Waals surface area (Å²) in [5, 5.41) is 27.7. The molecule has 2 aromatic heterocycles. The van der Waals surface area contributed by atoms with Gasteiger partial charge in [0.2, 0.25) is 5.82 Å². The summed E-state index contributed by atoms with van der Waals surface area (Å²) < 4.78 is 2.44. The molecule has 2 rings (SSSR count). The Kier molecular flexibility index (Phi) is 2.48. The number of aryl methyl sites for hydroxylation is 2. The SMILES string of the molecule is Cc1nn(C)c(-n2ncc(C#N)c2N)c1[N+](=O)[O-]. The molecule has 0 unspecified atom stereocenters. The third-order valence-electron chi connectivity index (χ3n) is 2.47. The first-order chi connectivity index (χ1) is 8.47. The molecule has 0 bridgehead atoms. The molecule has 18 heavy (non-hydrogen) atoms. The molecule has 0 fully saturated rings. The van der Waals surface area contributed by atoms with Gasteiger partial charge in [-0.1, -0.05) is 0 Å². The standard InChI is InChI=1S/C9H9N7O2/c1-5-7(16(17)18)9(14(2)13-5)15-8(11)6(3-10)4-12-15/h4H,11H2,1-2H3. The van der Waals surface area contributed by atoms with E-state index in [4.69, 9.17) is 11.0 Å². The van der Waals surface area contributed by atoms with Crippen LogP contribution >= 0.6 is 0 Å². The van der Waals surface area contributed by atoms with Crippen molar-refractivity contribution in [2.24, 2.45) is 7.05 Å². The molecule has 2 N–H and O–H groups in total. The van der Waals surface area contributed by atoms with Crippen LogP contribution in [-0.2, 0) is 7.05 Å². The predicted octanol–water partition coefficient (Wildman–Crippen LogP) is 0.276. The average Bonchev–Trinajstić information content (AvgIpc) is 2.78. The van der Waals surface area contributed by atoms with E-state index in [2.05, 4.69) is 10.2 Å². The van der Waals surface area contributed by atoms with Crippen LogP contribution in [0.3, 0.4) is 0 Å². The van der Waals surface area contributed by atoms with Crippen LogP contribution in [0.25, 0.3) is 5.82 Å². The lowest BCUT2D eigenvalue weighted by molar-refractivity contribution is -0.385. The number of nitrogens with two attached hydrogens (primary N) is 1. The molecule has 0 atom stereocenters. The average molecular weight is 247 g/mol. The van der Waals surface area contributed by atoms with Gasteiger partial charge in [-0.05, 0) is 6.92 Å². The van der Waals surface area contributed by atoms with E-state index >= 15 is 0 Å². The molecule has 9 nitrogen and oxygen atoms in total. The smallest absolute Gasteiger partial charge is 0.336 e. The van der Waals surface area contributed by atoms with E-state index in [1.54, 1.807) is 7.05 Å². The van der Waals surface area contributed by atoms with Crippen LogP contribution < -0.4 is 5.73 Å². The first-order valence-corrected chi connectivity index (χ1v) is 4.89. The van der Waals surface area contributed by atoms with Gasteiger partial charge in [0.1, 0.15) is 23.1 Å². The summed E-state index contributed by atoms with van der Waals surface area (Å²) in [6, 6.07) is 1.85. The molecule has 0 aromatic carbocycles. The van der Waals surface area contributed by atoms with Crippen molar-refractivity contribution in [2.45, 2.75) is 6.92 Å². The molecule has 2 heterocycles. The number of nitro groups is 1. The van der Waals surface area contributed by atoms with Crippen molar-refractivity contribution < 1.29 is 4.92 Å². The summed E-state index contributed by atoms with van der Waals surface area (Å²) in [5.74, 6) is 0.167. The first kappa shape index (κ1) is 11.6. The number of hydrogen-bond donors (Lipinski definition) is 1. The van der Waals surface area contributed by atoms with Gasteiger partial charge in [0, 0.05) is 7.05 Å². The Morgan fingerprint density at radius 1 is 1.61 bits per heavy atom. The van der Waals surface area contributed by atoms with Gasteiger partial charge in [0.15, 0.2) is 0 Å². The van der Waals surface area contributed by atoms with Crippen LogP contribution in [0, 0.1) is 28.4 Å². The van der Waals surface area contributed by atoms with E-state index in [0.717, 1.165) is 4.68 Å². The molecule has 0 amide bonds. The fraction of sp³-hybridized carbons (Fsp3) is 0.222. The van der Waals surface area contributed by atoms with E-state index < -0.39 is 4.92 Å². The van der Waals surface area contributed by atoms with Crippen LogP contribution in [0.2, 0.25) is 0 Å². The summed E-state index contributed by atoms with van der Waals surface area (Å²) in [5.41, 5.74) is 5.93. The fourth-order valence-corrected chi connectivity index (χ4v) is 1.70. The highest BCUT2D eigenvalue weighted by atomic mass is 16.6. The monoisotopic (exact) mass is 247 g/mol. The van der Waals surface area contributed by atoms with Crippen molar-refractivity contribution in [2.75, 3.05) is 5.73 Å². The largest absolute Gasteiger partial charge is 0.382 e. The molecule has 0 aliphatic heterocycles. The molecule has 0 saturated carbocycles. The van der Waals surface area contributed by atoms with Crippen molar-refractivity contribution in [3.63, 3.8) is 0 Å². The third-order valence-corrected chi connectivity index (χ3v) is 2.47. The van der Waals surface area contributed by atoms with Crippen LogP contribution in [-0.4, -0.2) is 24.5 Å². The lowest BCUT2D eigenvalue weighted by atomic mass is 10.3. The summed E-state index contributed by atoms with van der Waals surface area (Å²) in [6.45, 7) is 1.52. The minimum atomic E-state index is -0.551. The number of nitrogen functional groups attached to an aromatic ring is 1. The molecule has 2 aromatic rings. The Balaban J connectivity index is 2.75.